The summed E-state index contributed by atoms with van der Waals surface area (Å²) in [5.74, 6) is 7.27. The standard InChI is InChI=1S/C14H22N6/c1-5-6-20-8-16-7-11(20)13-17-10(4)12(9(2)3)14(18-13)19-15/h7-9H,5-6,15H2,1-4H3,(H,17,18,19). The molecule has 2 aromatic heterocycles. The Hall–Kier alpha value is -1.95. The molecule has 2 heterocycles. The van der Waals surface area contributed by atoms with Gasteiger partial charge in [-0.2, -0.15) is 0 Å². The molecule has 0 radical (unpaired) electrons. The van der Waals surface area contributed by atoms with E-state index in [1.807, 2.05) is 13.3 Å². The van der Waals surface area contributed by atoms with Gasteiger partial charge in [0.25, 0.3) is 0 Å². The number of imidazole rings is 1. The molecule has 2 rings (SSSR count). The molecule has 0 aliphatic rings. The molecule has 0 aliphatic heterocycles. The fourth-order valence-corrected chi connectivity index (χ4v) is 2.42. The van der Waals surface area contributed by atoms with Gasteiger partial charge in [-0.15, -0.1) is 0 Å². The van der Waals surface area contributed by atoms with E-state index in [4.69, 9.17) is 5.84 Å². The van der Waals surface area contributed by atoms with Gasteiger partial charge in [-0.1, -0.05) is 20.8 Å². The van der Waals surface area contributed by atoms with Gasteiger partial charge in [-0.25, -0.2) is 20.8 Å². The molecule has 0 atom stereocenters. The van der Waals surface area contributed by atoms with Gasteiger partial charge in [-0.3, -0.25) is 0 Å². The first-order valence-electron chi connectivity index (χ1n) is 6.94. The summed E-state index contributed by atoms with van der Waals surface area (Å²) < 4.78 is 2.06. The smallest absolute Gasteiger partial charge is 0.180 e. The number of anilines is 1. The fourth-order valence-electron chi connectivity index (χ4n) is 2.42. The van der Waals surface area contributed by atoms with Crippen molar-refractivity contribution in [3.05, 3.63) is 23.8 Å². The predicted octanol–water partition coefficient (Wildman–Crippen LogP) is 2.47. The third-order valence-electron chi connectivity index (χ3n) is 3.26. The lowest BCUT2D eigenvalue weighted by Crippen LogP contribution is -2.15. The zero-order chi connectivity index (χ0) is 14.7. The monoisotopic (exact) mass is 274 g/mol. The van der Waals surface area contributed by atoms with Crippen LogP contribution in [0.25, 0.3) is 11.5 Å². The molecule has 3 N–H and O–H groups in total. The van der Waals surface area contributed by atoms with Crippen LogP contribution in [0.15, 0.2) is 12.5 Å². The number of nitrogen functional groups attached to an aromatic ring is 1. The van der Waals surface area contributed by atoms with Crippen LogP contribution < -0.4 is 11.3 Å². The van der Waals surface area contributed by atoms with Crippen LogP contribution >= 0.6 is 0 Å². The van der Waals surface area contributed by atoms with Gasteiger partial charge in [0.15, 0.2) is 5.82 Å². The molecule has 0 unspecified atom stereocenters. The molecule has 20 heavy (non-hydrogen) atoms. The third-order valence-corrected chi connectivity index (χ3v) is 3.26. The van der Waals surface area contributed by atoms with E-state index in [1.54, 1.807) is 6.20 Å². The Morgan fingerprint density at radius 1 is 1.35 bits per heavy atom. The lowest BCUT2D eigenvalue weighted by molar-refractivity contribution is 0.680. The summed E-state index contributed by atoms with van der Waals surface area (Å²) in [6.07, 6.45) is 4.64. The molecule has 0 spiro atoms. The van der Waals surface area contributed by atoms with Crippen molar-refractivity contribution in [2.45, 2.75) is 46.6 Å². The van der Waals surface area contributed by atoms with Crippen molar-refractivity contribution in [3.8, 4) is 11.5 Å². The molecule has 0 aliphatic carbocycles. The number of aromatic nitrogens is 4. The van der Waals surface area contributed by atoms with Gasteiger partial charge in [0.05, 0.1) is 12.5 Å². The summed E-state index contributed by atoms with van der Waals surface area (Å²) in [7, 11) is 0. The van der Waals surface area contributed by atoms with Crippen molar-refractivity contribution in [3.63, 3.8) is 0 Å². The van der Waals surface area contributed by atoms with Gasteiger partial charge in [0.2, 0.25) is 0 Å². The van der Waals surface area contributed by atoms with Gasteiger partial charge < -0.3 is 9.99 Å². The third kappa shape index (κ3) is 2.65. The summed E-state index contributed by atoms with van der Waals surface area (Å²) in [6.45, 7) is 9.22. The molecule has 0 saturated carbocycles. The van der Waals surface area contributed by atoms with Crippen LogP contribution in [-0.4, -0.2) is 19.5 Å². The Bertz CT molecular complexity index is 587. The molecular formula is C14H22N6. The van der Waals surface area contributed by atoms with Crippen molar-refractivity contribution in [2.75, 3.05) is 5.43 Å². The van der Waals surface area contributed by atoms with Crippen molar-refractivity contribution in [1.82, 2.24) is 19.5 Å². The lowest BCUT2D eigenvalue weighted by atomic mass is 10.0. The van der Waals surface area contributed by atoms with Gasteiger partial charge in [0, 0.05) is 17.8 Å². The second-order valence-electron chi connectivity index (χ2n) is 5.17. The minimum atomic E-state index is 0.315. The van der Waals surface area contributed by atoms with Crippen molar-refractivity contribution in [2.24, 2.45) is 5.84 Å². The topological polar surface area (TPSA) is 81.7 Å². The number of aryl methyl sites for hydroxylation is 2. The number of nitrogens with zero attached hydrogens (tertiary/aromatic N) is 4. The zero-order valence-electron chi connectivity index (χ0n) is 12.5. The van der Waals surface area contributed by atoms with Crippen LogP contribution in [0.5, 0.6) is 0 Å². The molecule has 6 nitrogen and oxygen atoms in total. The maximum absolute atomic E-state index is 5.61. The molecule has 108 valence electrons. The Morgan fingerprint density at radius 3 is 2.70 bits per heavy atom. The molecule has 0 amide bonds. The van der Waals surface area contributed by atoms with E-state index >= 15 is 0 Å². The van der Waals surface area contributed by atoms with E-state index in [0.717, 1.165) is 29.9 Å². The number of rotatable bonds is 5. The lowest BCUT2D eigenvalue weighted by Gasteiger charge is -2.15. The highest BCUT2D eigenvalue weighted by molar-refractivity contribution is 5.57. The molecule has 0 bridgehead atoms. The van der Waals surface area contributed by atoms with Crippen LogP contribution in [0.1, 0.15) is 44.4 Å². The highest BCUT2D eigenvalue weighted by Crippen LogP contribution is 2.27. The van der Waals surface area contributed by atoms with Crippen molar-refractivity contribution >= 4 is 5.82 Å². The molecule has 0 saturated heterocycles. The fraction of sp³-hybridized carbons (Fsp3) is 0.500. The summed E-state index contributed by atoms with van der Waals surface area (Å²) in [6, 6.07) is 0. The molecular weight excluding hydrogens is 252 g/mol. The van der Waals surface area contributed by atoms with Crippen LogP contribution in [0.4, 0.5) is 5.82 Å². The van der Waals surface area contributed by atoms with Crippen LogP contribution in [0.2, 0.25) is 0 Å². The summed E-state index contributed by atoms with van der Waals surface area (Å²) >= 11 is 0. The summed E-state index contributed by atoms with van der Waals surface area (Å²) in [5.41, 5.74) is 5.61. The average Bonchev–Trinajstić information content (AvgIpc) is 2.85. The molecule has 0 aromatic carbocycles. The van der Waals surface area contributed by atoms with Gasteiger partial charge in [0.1, 0.15) is 11.5 Å². The number of hydrogen-bond acceptors (Lipinski definition) is 5. The van der Waals surface area contributed by atoms with Crippen LogP contribution in [0.3, 0.4) is 0 Å². The van der Waals surface area contributed by atoms with Crippen LogP contribution in [0, 0.1) is 6.92 Å². The predicted molar refractivity (Wildman–Crippen MR) is 80.2 cm³/mol. The highest BCUT2D eigenvalue weighted by atomic mass is 15.3. The van der Waals surface area contributed by atoms with Gasteiger partial charge >= 0.3 is 0 Å². The van der Waals surface area contributed by atoms with E-state index in [1.165, 1.54) is 0 Å². The maximum Gasteiger partial charge on any atom is 0.180 e. The summed E-state index contributed by atoms with van der Waals surface area (Å²) in [4.78, 5) is 13.4. The first kappa shape index (κ1) is 14.5. The molecule has 0 fully saturated rings. The molecule has 2 aromatic rings. The van der Waals surface area contributed by atoms with E-state index in [9.17, 15) is 0 Å². The van der Waals surface area contributed by atoms with Crippen molar-refractivity contribution in [1.29, 1.82) is 0 Å². The Morgan fingerprint density at radius 2 is 2.10 bits per heavy atom. The largest absolute Gasteiger partial charge is 0.328 e. The maximum atomic E-state index is 5.61. The Kier molecular flexibility index (Phi) is 4.34. The average molecular weight is 274 g/mol. The van der Waals surface area contributed by atoms with Crippen molar-refractivity contribution < 1.29 is 0 Å². The second-order valence-corrected chi connectivity index (χ2v) is 5.17. The SMILES string of the molecule is CCCn1cncc1-c1nc(C)c(C(C)C)c(NN)n1. The quantitative estimate of drug-likeness (QED) is 0.646. The first-order chi connectivity index (χ1) is 9.58. The normalized spacial score (nSPS) is 11.1. The number of hydrogen-bond donors (Lipinski definition) is 2. The van der Waals surface area contributed by atoms with E-state index in [2.05, 4.69) is 45.7 Å². The zero-order valence-corrected chi connectivity index (χ0v) is 12.5. The van der Waals surface area contributed by atoms with Crippen LogP contribution in [-0.2, 0) is 6.54 Å². The Balaban J connectivity index is 2.53. The Labute approximate surface area is 119 Å². The minimum Gasteiger partial charge on any atom is -0.328 e. The summed E-state index contributed by atoms with van der Waals surface area (Å²) in [5, 5.41) is 0. The second kappa shape index (κ2) is 6.00. The van der Waals surface area contributed by atoms with E-state index in [0.29, 0.717) is 17.6 Å². The number of hydrazine groups is 1. The minimum absolute atomic E-state index is 0.315. The van der Waals surface area contributed by atoms with E-state index in [-0.39, 0.29) is 0 Å². The number of nitrogens with one attached hydrogen (secondary N) is 1. The molecule has 6 heteroatoms. The van der Waals surface area contributed by atoms with Gasteiger partial charge in [-0.05, 0) is 19.3 Å². The first-order valence-corrected chi connectivity index (χ1v) is 6.94. The highest BCUT2D eigenvalue weighted by Gasteiger charge is 2.16. The van der Waals surface area contributed by atoms with E-state index < -0.39 is 0 Å². The number of nitrogens with two attached hydrogens (primary N) is 1.